The Morgan fingerprint density at radius 3 is 2.06 bits per heavy atom. The molecule has 3 heteroatoms. The summed E-state index contributed by atoms with van der Waals surface area (Å²) >= 11 is 0. The minimum atomic E-state index is 0.602. The SMILES string of the molecule is c1ccc(CC/C(=C(\B2C3CCCC2CCC3)c2ccccc2)c2nc3ccccc3o2)cc1. The molecule has 0 N–H and O–H groups in total. The number of para-hydroxylation sites is 2. The van der Waals surface area contributed by atoms with E-state index in [2.05, 4.69) is 66.7 Å². The van der Waals surface area contributed by atoms with Gasteiger partial charge in [-0.3, -0.25) is 0 Å². The van der Waals surface area contributed by atoms with Gasteiger partial charge in [-0.1, -0.05) is 128 Å². The molecule has 2 bridgehead atoms. The fourth-order valence-corrected chi connectivity index (χ4v) is 6.61. The molecule has 170 valence electrons. The second-order valence-electron chi connectivity index (χ2n) is 10.1. The second-order valence-corrected chi connectivity index (χ2v) is 10.1. The molecule has 4 aromatic rings. The van der Waals surface area contributed by atoms with E-state index in [4.69, 9.17) is 9.40 Å². The molecule has 0 unspecified atom stereocenters. The fourth-order valence-electron chi connectivity index (χ4n) is 6.61. The van der Waals surface area contributed by atoms with E-state index in [-0.39, 0.29) is 0 Å². The van der Waals surface area contributed by atoms with Gasteiger partial charge >= 0.3 is 0 Å². The number of rotatable bonds is 6. The number of oxazole rings is 1. The number of fused-ring (bicyclic) bond motifs is 3. The first-order valence-corrected chi connectivity index (χ1v) is 13.0. The summed E-state index contributed by atoms with van der Waals surface area (Å²) in [4.78, 5) is 5.04. The van der Waals surface area contributed by atoms with Crippen LogP contribution in [0.5, 0.6) is 0 Å². The van der Waals surface area contributed by atoms with Crippen molar-refractivity contribution in [1.29, 1.82) is 0 Å². The quantitative estimate of drug-likeness (QED) is 0.278. The summed E-state index contributed by atoms with van der Waals surface area (Å²) in [6.07, 6.45) is 10.1. The molecule has 0 amide bonds. The monoisotopic (exact) mass is 445 g/mol. The Kier molecular flexibility index (Phi) is 6.10. The summed E-state index contributed by atoms with van der Waals surface area (Å²) in [5.74, 6) is 2.37. The van der Waals surface area contributed by atoms with Crippen molar-refractivity contribution in [2.45, 2.75) is 63.0 Å². The summed E-state index contributed by atoms with van der Waals surface area (Å²) in [5.41, 5.74) is 7.38. The Bertz CT molecular complexity index is 1220. The largest absolute Gasteiger partial charge is 0.436 e. The molecule has 0 atom stereocenters. The van der Waals surface area contributed by atoms with Gasteiger partial charge in [0.25, 0.3) is 0 Å². The third-order valence-corrected chi connectivity index (χ3v) is 8.12. The average molecular weight is 445 g/mol. The molecule has 2 aliphatic rings. The second kappa shape index (κ2) is 9.66. The number of hydrogen-bond donors (Lipinski definition) is 0. The standard InChI is InChI=1S/C31H32BNO/c1-3-11-23(12-4-1)21-22-27(31-33-28-19-7-8-20-29(28)34-31)30(24-13-5-2-6-14-24)32-25-15-9-16-26(32)18-10-17-25/h1-8,11-14,19-20,25-26H,9-10,15-18,21-22H2/b30-27+. The molecule has 0 spiro atoms. The van der Waals surface area contributed by atoms with E-state index in [0.717, 1.165) is 41.5 Å². The highest BCUT2D eigenvalue weighted by molar-refractivity contribution is 6.83. The third kappa shape index (κ3) is 4.24. The summed E-state index contributed by atoms with van der Waals surface area (Å²) in [7, 11) is 0. The smallest absolute Gasteiger partial charge is 0.222 e. The van der Waals surface area contributed by atoms with Crippen LogP contribution >= 0.6 is 0 Å². The van der Waals surface area contributed by atoms with Gasteiger partial charge in [0.1, 0.15) is 5.52 Å². The predicted octanol–water partition coefficient (Wildman–Crippen LogP) is 8.51. The van der Waals surface area contributed by atoms with E-state index < -0.39 is 0 Å². The van der Waals surface area contributed by atoms with Crippen molar-refractivity contribution in [2.75, 3.05) is 0 Å². The van der Waals surface area contributed by atoms with Crippen LogP contribution in [-0.4, -0.2) is 11.7 Å². The zero-order valence-electron chi connectivity index (χ0n) is 19.8. The maximum Gasteiger partial charge on any atom is 0.222 e. The van der Waals surface area contributed by atoms with Crippen LogP contribution in [0.25, 0.3) is 22.1 Å². The van der Waals surface area contributed by atoms with Crippen molar-refractivity contribution in [3.05, 3.63) is 102 Å². The summed E-state index contributed by atoms with van der Waals surface area (Å²) in [6.45, 7) is 0.602. The fraction of sp³-hybridized carbons (Fsp3) is 0.323. The maximum atomic E-state index is 6.47. The first kappa shape index (κ1) is 21.5. The summed E-state index contributed by atoms with van der Waals surface area (Å²) < 4.78 is 6.47. The van der Waals surface area contributed by atoms with Gasteiger partial charge in [0, 0.05) is 5.57 Å². The van der Waals surface area contributed by atoms with Crippen LogP contribution in [-0.2, 0) is 6.42 Å². The van der Waals surface area contributed by atoms with Gasteiger partial charge in [-0.2, -0.15) is 0 Å². The van der Waals surface area contributed by atoms with Gasteiger partial charge in [-0.25, -0.2) is 4.98 Å². The number of hydrogen-bond acceptors (Lipinski definition) is 2. The lowest BCUT2D eigenvalue weighted by atomic mass is 9.23. The molecule has 34 heavy (non-hydrogen) atoms. The number of aromatic nitrogens is 1. The Morgan fingerprint density at radius 1 is 0.765 bits per heavy atom. The molecule has 0 radical (unpaired) electrons. The van der Waals surface area contributed by atoms with Crippen molar-refractivity contribution in [2.24, 2.45) is 0 Å². The number of nitrogens with zero attached hydrogens (tertiary/aromatic N) is 1. The van der Waals surface area contributed by atoms with Gasteiger partial charge in [-0.15, -0.1) is 0 Å². The third-order valence-electron chi connectivity index (χ3n) is 8.12. The number of allylic oxidation sites excluding steroid dienone is 1. The predicted molar refractivity (Wildman–Crippen MR) is 143 cm³/mol. The van der Waals surface area contributed by atoms with E-state index in [1.807, 2.05) is 18.2 Å². The van der Waals surface area contributed by atoms with Crippen LogP contribution in [0.3, 0.4) is 0 Å². The highest BCUT2D eigenvalue weighted by Gasteiger charge is 2.43. The van der Waals surface area contributed by atoms with Gasteiger partial charge in [-0.05, 0) is 36.1 Å². The van der Waals surface area contributed by atoms with Crippen LogP contribution in [0.2, 0.25) is 11.6 Å². The van der Waals surface area contributed by atoms with Crippen LogP contribution in [0.4, 0.5) is 0 Å². The topological polar surface area (TPSA) is 26.0 Å². The van der Waals surface area contributed by atoms with Crippen LogP contribution in [0.1, 0.15) is 62.0 Å². The summed E-state index contributed by atoms with van der Waals surface area (Å²) in [5, 5.41) is 0. The normalized spacial score (nSPS) is 20.9. The number of benzene rings is 3. The van der Waals surface area contributed by atoms with Crippen LogP contribution < -0.4 is 0 Å². The highest BCUT2D eigenvalue weighted by atomic mass is 16.3. The molecule has 0 aliphatic carbocycles. The van der Waals surface area contributed by atoms with Gasteiger partial charge in [0.05, 0.1) is 0 Å². The van der Waals surface area contributed by atoms with Crippen molar-refractivity contribution < 1.29 is 4.42 Å². The van der Waals surface area contributed by atoms with Crippen molar-refractivity contribution in [3.63, 3.8) is 0 Å². The Hall–Kier alpha value is -3.07. The van der Waals surface area contributed by atoms with E-state index >= 15 is 0 Å². The van der Waals surface area contributed by atoms with Gasteiger partial charge in [0.15, 0.2) is 12.3 Å². The minimum Gasteiger partial charge on any atom is -0.436 e. The average Bonchev–Trinajstić information content (AvgIpc) is 3.31. The van der Waals surface area contributed by atoms with E-state index in [1.165, 1.54) is 60.7 Å². The van der Waals surface area contributed by atoms with Gasteiger partial charge in [0.2, 0.25) is 5.89 Å². The molecule has 2 aliphatic heterocycles. The molecule has 2 fully saturated rings. The van der Waals surface area contributed by atoms with Crippen molar-refractivity contribution >= 4 is 28.9 Å². The lowest BCUT2D eigenvalue weighted by Gasteiger charge is -2.42. The van der Waals surface area contributed by atoms with E-state index in [1.54, 1.807) is 0 Å². The minimum absolute atomic E-state index is 0.602. The lowest BCUT2D eigenvalue weighted by Crippen LogP contribution is -2.36. The zero-order chi connectivity index (χ0) is 22.7. The van der Waals surface area contributed by atoms with Crippen molar-refractivity contribution in [1.82, 2.24) is 4.98 Å². The van der Waals surface area contributed by atoms with E-state index in [9.17, 15) is 0 Å². The highest BCUT2D eigenvalue weighted by Crippen LogP contribution is 2.52. The molecule has 2 saturated heterocycles. The molecule has 0 saturated carbocycles. The summed E-state index contributed by atoms with van der Waals surface area (Å²) in [6, 6.07) is 30.2. The Labute approximate surface area is 203 Å². The zero-order valence-corrected chi connectivity index (χ0v) is 19.8. The number of aryl methyl sites for hydroxylation is 1. The molecule has 3 heterocycles. The molecule has 2 nitrogen and oxygen atoms in total. The van der Waals surface area contributed by atoms with Crippen LogP contribution in [0, 0.1) is 0 Å². The van der Waals surface area contributed by atoms with Crippen LogP contribution in [0.15, 0.2) is 89.3 Å². The van der Waals surface area contributed by atoms with E-state index in [0.29, 0.717) is 6.71 Å². The maximum absolute atomic E-state index is 6.47. The van der Waals surface area contributed by atoms with Crippen molar-refractivity contribution in [3.8, 4) is 0 Å². The molecule has 1 aromatic heterocycles. The molecular formula is C31H32BNO. The molecular weight excluding hydrogens is 413 g/mol. The first-order chi connectivity index (χ1) is 16.9. The Morgan fingerprint density at radius 2 is 1.38 bits per heavy atom. The Balaban J connectivity index is 1.54. The lowest BCUT2D eigenvalue weighted by molar-refractivity contribution is 0.448. The molecule has 3 aromatic carbocycles. The van der Waals surface area contributed by atoms with Gasteiger partial charge < -0.3 is 4.42 Å². The first-order valence-electron chi connectivity index (χ1n) is 13.0. The molecule has 6 rings (SSSR count).